The minimum Gasteiger partial charge on any atom is -0.466 e. The quantitative estimate of drug-likeness (QED) is 0.752. The van der Waals surface area contributed by atoms with E-state index in [4.69, 9.17) is 4.74 Å². The van der Waals surface area contributed by atoms with Gasteiger partial charge in [-0.15, -0.1) is 0 Å². The Morgan fingerprint density at radius 1 is 1.17 bits per heavy atom. The molecule has 24 heavy (non-hydrogen) atoms. The molecule has 0 spiro atoms. The molecule has 1 aliphatic heterocycles. The van der Waals surface area contributed by atoms with Gasteiger partial charge in [-0.1, -0.05) is 0 Å². The van der Waals surface area contributed by atoms with Crippen molar-refractivity contribution >= 4 is 17.6 Å². The van der Waals surface area contributed by atoms with Gasteiger partial charge in [-0.05, 0) is 57.9 Å². The van der Waals surface area contributed by atoms with Crippen LogP contribution in [0.25, 0.3) is 0 Å². The molecule has 0 aliphatic carbocycles. The Morgan fingerprint density at radius 2 is 1.83 bits per heavy atom. The molecule has 1 amide bonds. The normalized spacial score (nSPS) is 17.5. The molecule has 1 aliphatic rings. The Morgan fingerprint density at radius 3 is 2.42 bits per heavy atom. The molecule has 1 atom stereocenters. The maximum Gasteiger partial charge on any atom is 0.310 e. The highest BCUT2D eigenvalue weighted by Crippen LogP contribution is 2.21. The Labute approximate surface area is 144 Å². The highest BCUT2D eigenvalue weighted by Gasteiger charge is 2.29. The van der Waals surface area contributed by atoms with E-state index in [1.807, 2.05) is 24.3 Å². The van der Waals surface area contributed by atoms with Crippen LogP contribution in [0.2, 0.25) is 0 Å². The fourth-order valence-corrected chi connectivity index (χ4v) is 3.20. The van der Waals surface area contributed by atoms with Crippen LogP contribution < -0.4 is 4.90 Å². The summed E-state index contributed by atoms with van der Waals surface area (Å²) in [5.41, 5.74) is 1.80. The van der Waals surface area contributed by atoms with Crippen LogP contribution in [-0.2, 0) is 9.53 Å². The van der Waals surface area contributed by atoms with Gasteiger partial charge in [-0.2, -0.15) is 0 Å². The van der Waals surface area contributed by atoms with E-state index < -0.39 is 0 Å². The lowest BCUT2D eigenvalue weighted by Gasteiger charge is -2.31. The summed E-state index contributed by atoms with van der Waals surface area (Å²) in [6.45, 7) is 9.46. The Kier molecular flexibility index (Phi) is 6.64. The number of ether oxygens (including phenoxy) is 1. The van der Waals surface area contributed by atoms with Crippen LogP contribution in [0.5, 0.6) is 0 Å². The fraction of sp³-hybridized carbons (Fsp3) is 0.579. The largest absolute Gasteiger partial charge is 0.466 e. The first-order valence-corrected chi connectivity index (χ1v) is 8.91. The summed E-state index contributed by atoms with van der Waals surface area (Å²) in [5.74, 6) is -0.389. The lowest BCUT2D eigenvalue weighted by Crippen LogP contribution is -2.42. The molecule has 0 aromatic heterocycles. The van der Waals surface area contributed by atoms with E-state index in [0.29, 0.717) is 25.3 Å². The second-order valence-electron chi connectivity index (χ2n) is 6.06. The third kappa shape index (κ3) is 4.28. The lowest BCUT2D eigenvalue weighted by atomic mass is 9.97. The van der Waals surface area contributed by atoms with Crippen molar-refractivity contribution in [2.45, 2.75) is 33.6 Å². The van der Waals surface area contributed by atoms with Crippen molar-refractivity contribution in [3.63, 3.8) is 0 Å². The minimum atomic E-state index is -0.197. The number of hydrogen-bond donors (Lipinski definition) is 0. The van der Waals surface area contributed by atoms with Gasteiger partial charge in [0.1, 0.15) is 0 Å². The number of rotatable bonds is 6. The summed E-state index contributed by atoms with van der Waals surface area (Å²) in [6, 6.07) is 7.74. The molecule has 1 fully saturated rings. The van der Waals surface area contributed by atoms with Crippen molar-refractivity contribution in [1.29, 1.82) is 0 Å². The predicted molar refractivity (Wildman–Crippen MR) is 95.3 cm³/mol. The van der Waals surface area contributed by atoms with Crippen LogP contribution in [0.4, 0.5) is 5.69 Å². The van der Waals surface area contributed by atoms with Crippen LogP contribution in [-0.4, -0.2) is 49.6 Å². The van der Waals surface area contributed by atoms with Gasteiger partial charge in [-0.3, -0.25) is 9.59 Å². The first-order chi connectivity index (χ1) is 11.6. The van der Waals surface area contributed by atoms with Crippen LogP contribution in [0.15, 0.2) is 24.3 Å². The smallest absolute Gasteiger partial charge is 0.310 e. The van der Waals surface area contributed by atoms with E-state index in [1.54, 1.807) is 11.8 Å². The first-order valence-electron chi connectivity index (χ1n) is 8.91. The van der Waals surface area contributed by atoms with Crippen molar-refractivity contribution in [2.24, 2.45) is 5.92 Å². The number of likely N-dealkylation sites (tertiary alicyclic amines) is 1. The van der Waals surface area contributed by atoms with Crippen molar-refractivity contribution < 1.29 is 14.3 Å². The molecular weight excluding hydrogens is 304 g/mol. The Bertz CT molecular complexity index is 552. The molecule has 1 aromatic carbocycles. The number of amides is 1. The molecule has 0 radical (unpaired) electrons. The van der Waals surface area contributed by atoms with Crippen molar-refractivity contribution in [3.8, 4) is 0 Å². The Balaban J connectivity index is 2.04. The van der Waals surface area contributed by atoms with E-state index >= 15 is 0 Å². The number of carbonyl (C=O) groups is 2. The number of carbonyl (C=O) groups excluding carboxylic acids is 2. The molecular formula is C19H28N2O3. The molecule has 2 rings (SSSR count). The minimum absolute atomic E-state index is 0.00454. The highest BCUT2D eigenvalue weighted by atomic mass is 16.5. The van der Waals surface area contributed by atoms with Gasteiger partial charge < -0.3 is 14.5 Å². The number of anilines is 1. The van der Waals surface area contributed by atoms with Crippen molar-refractivity contribution in [1.82, 2.24) is 4.90 Å². The molecule has 1 aromatic rings. The second kappa shape index (κ2) is 8.71. The SMILES string of the molecule is CCOC(=O)C1CCCN(C(=O)c2ccc(N(CC)CC)cc2)C1. The molecule has 0 saturated carbocycles. The zero-order valence-electron chi connectivity index (χ0n) is 15.0. The van der Waals surface area contributed by atoms with Crippen LogP contribution >= 0.6 is 0 Å². The average molecular weight is 332 g/mol. The van der Waals surface area contributed by atoms with Crippen molar-refractivity contribution in [3.05, 3.63) is 29.8 Å². The van der Waals surface area contributed by atoms with Crippen LogP contribution in [0.3, 0.4) is 0 Å². The van der Waals surface area contributed by atoms with Crippen LogP contribution in [0.1, 0.15) is 44.0 Å². The van der Waals surface area contributed by atoms with E-state index in [2.05, 4.69) is 18.7 Å². The zero-order valence-corrected chi connectivity index (χ0v) is 15.0. The fourth-order valence-electron chi connectivity index (χ4n) is 3.20. The summed E-state index contributed by atoms with van der Waals surface area (Å²) in [5, 5.41) is 0. The zero-order chi connectivity index (χ0) is 17.5. The number of hydrogen-bond acceptors (Lipinski definition) is 4. The van der Waals surface area contributed by atoms with Gasteiger partial charge in [0, 0.05) is 37.4 Å². The number of benzene rings is 1. The molecule has 132 valence electrons. The second-order valence-corrected chi connectivity index (χ2v) is 6.06. The molecule has 1 heterocycles. The maximum absolute atomic E-state index is 12.7. The van der Waals surface area contributed by atoms with E-state index in [9.17, 15) is 9.59 Å². The molecule has 0 N–H and O–H groups in total. The summed E-state index contributed by atoms with van der Waals surface area (Å²) >= 11 is 0. The predicted octanol–water partition coefficient (Wildman–Crippen LogP) is 2.95. The topological polar surface area (TPSA) is 49.9 Å². The van der Waals surface area contributed by atoms with Gasteiger partial charge >= 0.3 is 5.97 Å². The number of nitrogens with zero attached hydrogens (tertiary/aromatic N) is 2. The number of esters is 1. The standard InChI is InChI=1S/C19H28N2O3/c1-4-20(5-2)17-11-9-15(10-12-17)18(22)21-13-7-8-16(14-21)19(23)24-6-3/h9-12,16H,4-8,13-14H2,1-3H3. The van der Waals surface area contributed by atoms with E-state index in [1.165, 1.54) is 0 Å². The maximum atomic E-state index is 12.7. The van der Waals surface area contributed by atoms with Gasteiger partial charge in [0.2, 0.25) is 0 Å². The van der Waals surface area contributed by atoms with Gasteiger partial charge in [0.25, 0.3) is 5.91 Å². The number of piperidine rings is 1. The average Bonchev–Trinajstić information content (AvgIpc) is 2.63. The van der Waals surface area contributed by atoms with Crippen LogP contribution in [0, 0.1) is 5.92 Å². The summed E-state index contributed by atoms with van der Waals surface area (Å²) in [6.07, 6.45) is 1.64. The van der Waals surface area contributed by atoms with Gasteiger partial charge in [0.15, 0.2) is 0 Å². The summed E-state index contributed by atoms with van der Waals surface area (Å²) in [4.78, 5) is 28.6. The third-order valence-electron chi connectivity index (χ3n) is 4.57. The third-order valence-corrected chi connectivity index (χ3v) is 4.57. The molecule has 5 nitrogen and oxygen atoms in total. The first kappa shape index (κ1) is 18.3. The van der Waals surface area contributed by atoms with Gasteiger partial charge in [0.05, 0.1) is 12.5 Å². The van der Waals surface area contributed by atoms with Gasteiger partial charge in [-0.25, -0.2) is 0 Å². The van der Waals surface area contributed by atoms with Crippen molar-refractivity contribution in [2.75, 3.05) is 37.7 Å². The molecule has 0 bridgehead atoms. The van der Waals surface area contributed by atoms with E-state index in [0.717, 1.165) is 31.6 Å². The highest BCUT2D eigenvalue weighted by molar-refractivity contribution is 5.95. The molecule has 5 heteroatoms. The Hall–Kier alpha value is -2.04. The van der Waals surface area contributed by atoms with E-state index in [-0.39, 0.29) is 17.8 Å². The molecule has 1 unspecified atom stereocenters. The lowest BCUT2D eigenvalue weighted by molar-refractivity contribution is -0.149. The monoisotopic (exact) mass is 332 g/mol. The summed E-state index contributed by atoms with van der Waals surface area (Å²) in [7, 11) is 0. The summed E-state index contributed by atoms with van der Waals surface area (Å²) < 4.78 is 5.10. The molecule has 1 saturated heterocycles.